The maximum absolute atomic E-state index is 12.7. The van der Waals surface area contributed by atoms with Crippen molar-refractivity contribution in [1.82, 2.24) is 0 Å². The highest BCUT2D eigenvalue weighted by Crippen LogP contribution is 2.31. The van der Waals surface area contributed by atoms with Gasteiger partial charge < -0.3 is 0 Å². The molecule has 0 aliphatic heterocycles. The summed E-state index contributed by atoms with van der Waals surface area (Å²) in [5.41, 5.74) is 2.00. The zero-order chi connectivity index (χ0) is 9.84. The number of aliphatic imine (C=N–C) groups is 1. The Morgan fingerprint density at radius 3 is 2.92 bits per heavy atom. The van der Waals surface area contributed by atoms with Crippen molar-refractivity contribution >= 4 is 6.72 Å². The molecule has 0 aromatic rings. The molecule has 72 valence electrons. The number of nitrogens with zero attached hydrogens (tertiary/aromatic N) is 1. The lowest BCUT2D eigenvalue weighted by atomic mass is 9.88. The summed E-state index contributed by atoms with van der Waals surface area (Å²) in [6.07, 6.45) is 4.77. The lowest BCUT2D eigenvalue weighted by Crippen LogP contribution is -2.06. The molecule has 1 nitrogen and oxygen atoms in total. The van der Waals surface area contributed by atoms with Gasteiger partial charge in [-0.15, -0.1) is 0 Å². The predicted molar refractivity (Wildman–Crippen MR) is 54.5 cm³/mol. The smallest absolute Gasteiger partial charge is 0.0972 e. The average Bonchev–Trinajstić information content (AvgIpc) is 2.03. The quantitative estimate of drug-likeness (QED) is 0.577. The second-order valence-electron chi connectivity index (χ2n) is 3.59. The summed E-state index contributed by atoms with van der Waals surface area (Å²) in [5, 5.41) is 0. The Morgan fingerprint density at radius 1 is 1.69 bits per heavy atom. The summed E-state index contributed by atoms with van der Waals surface area (Å²) >= 11 is 0. The molecule has 0 amide bonds. The Kier molecular flexibility index (Phi) is 3.40. The van der Waals surface area contributed by atoms with Crippen LogP contribution in [0.25, 0.3) is 0 Å². The van der Waals surface area contributed by atoms with Gasteiger partial charge in [0.2, 0.25) is 0 Å². The predicted octanol–water partition coefficient (Wildman–Crippen LogP) is 3.63. The highest BCUT2D eigenvalue weighted by molar-refractivity contribution is 5.36. The van der Waals surface area contributed by atoms with Crippen LogP contribution >= 0.6 is 0 Å². The Balaban J connectivity index is 2.99. The van der Waals surface area contributed by atoms with Gasteiger partial charge in [-0.2, -0.15) is 0 Å². The van der Waals surface area contributed by atoms with Crippen molar-refractivity contribution in [2.75, 3.05) is 0 Å². The lowest BCUT2D eigenvalue weighted by Gasteiger charge is -2.21. The zero-order valence-corrected chi connectivity index (χ0v) is 8.31. The van der Waals surface area contributed by atoms with E-state index in [2.05, 4.69) is 18.6 Å². The Morgan fingerprint density at radius 2 is 2.38 bits per heavy atom. The Hall–Kier alpha value is -0.920. The van der Waals surface area contributed by atoms with E-state index in [1.165, 1.54) is 6.92 Å². The molecule has 0 unspecified atom stereocenters. The fourth-order valence-electron chi connectivity index (χ4n) is 1.82. The molecule has 0 aromatic carbocycles. The van der Waals surface area contributed by atoms with E-state index in [-0.39, 0.29) is 5.83 Å². The van der Waals surface area contributed by atoms with Crippen molar-refractivity contribution in [3.8, 4) is 0 Å². The molecule has 1 aliphatic rings. The molecule has 13 heavy (non-hydrogen) atoms. The first-order chi connectivity index (χ1) is 6.15. The van der Waals surface area contributed by atoms with Crippen LogP contribution in [0.2, 0.25) is 0 Å². The van der Waals surface area contributed by atoms with Crippen molar-refractivity contribution in [1.29, 1.82) is 0 Å². The van der Waals surface area contributed by atoms with Crippen LogP contribution in [0.3, 0.4) is 0 Å². The summed E-state index contributed by atoms with van der Waals surface area (Å²) in [4.78, 5) is 3.98. The van der Waals surface area contributed by atoms with Crippen LogP contribution in [0.5, 0.6) is 0 Å². The molecule has 1 atom stereocenters. The van der Waals surface area contributed by atoms with E-state index >= 15 is 0 Å². The van der Waals surface area contributed by atoms with Gasteiger partial charge in [0.05, 0.1) is 5.83 Å². The van der Waals surface area contributed by atoms with E-state index in [4.69, 9.17) is 0 Å². The highest BCUT2D eigenvalue weighted by Gasteiger charge is 2.17. The van der Waals surface area contributed by atoms with E-state index in [0.29, 0.717) is 5.92 Å². The molecule has 0 heterocycles. The van der Waals surface area contributed by atoms with E-state index in [9.17, 15) is 4.39 Å². The largest absolute Gasteiger partial charge is 0.269 e. The monoisotopic (exact) mass is 181 g/mol. The second-order valence-corrected chi connectivity index (χ2v) is 3.59. The molecule has 0 fully saturated rings. The molecule has 0 radical (unpaired) electrons. The minimum atomic E-state index is -0.148. The Labute approximate surface area is 79.1 Å². The van der Waals surface area contributed by atoms with Crippen molar-refractivity contribution < 1.29 is 4.39 Å². The standard InChI is InChI=1S/C11H16FN/c1-8-5-4-6-10(7-9(2)12)11(8)13-3/h7-8H,3-6H2,1-2H3/b9-7+/t8-/m0/s1. The third-order valence-electron chi connectivity index (χ3n) is 2.42. The summed E-state index contributed by atoms with van der Waals surface area (Å²) in [6.45, 7) is 7.11. The van der Waals surface area contributed by atoms with Gasteiger partial charge in [0.1, 0.15) is 0 Å². The molecule has 1 aliphatic carbocycles. The van der Waals surface area contributed by atoms with Crippen molar-refractivity contribution in [3.05, 3.63) is 23.2 Å². The molecule has 0 saturated heterocycles. The zero-order valence-electron chi connectivity index (χ0n) is 8.31. The summed E-state index contributed by atoms with van der Waals surface area (Å²) in [7, 11) is 0. The number of hydrogen-bond acceptors (Lipinski definition) is 1. The molecule has 0 aromatic heterocycles. The van der Waals surface area contributed by atoms with Crippen LogP contribution in [0.4, 0.5) is 4.39 Å². The topological polar surface area (TPSA) is 12.4 Å². The molecular formula is C11H16FN. The van der Waals surface area contributed by atoms with Gasteiger partial charge in [0, 0.05) is 5.70 Å². The minimum Gasteiger partial charge on any atom is -0.269 e. The summed E-state index contributed by atoms with van der Waals surface area (Å²) in [6, 6.07) is 0. The van der Waals surface area contributed by atoms with Crippen LogP contribution in [0.1, 0.15) is 33.1 Å². The molecule has 0 saturated carbocycles. The molecule has 0 N–H and O–H groups in total. The van der Waals surface area contributed by atoms with Gasteiger partial charge in [-0.25, -0.2) is 4.39 Å². The summed E-state index contributed by atoms with van der Waals surface area (Å²) < 4.78 is 12.7. The molecule has 0 bridgehead atoms. The second kappa shape index (κ2) is 4.35. The fourth-order valence-corrected chi connectivity index (χ4v) is 1.82. The van der Waals surface area contributed by atoms with E-state index in [0.717, 1.165) is 30.5 Å². The van der Waals surface area contributed by atoms with Gasteiger partial charge in [0.25, 0.3) is 0 Å². The molecule has 1 rings (SSSR count). The first-order valence-electron chi connectivity index (χ1n) is 4.68. The number of hydrogen-bond donors (Lipinski definition) is 0. The molecule has 2 heteroatoms. The number of halogens is 1. The van der Waals surface area contributed by atoms with E-state index in [1.807, 2.05) is 0 Å². The van der Waals surface area contributed by atoms with Gasteiger partial charge >= 0.3 is 0 Å². The van der Waals surface area contributed by atoms with Gasteiger partial charge in [-0.1, -0.05) is 6.92 Å². The van der Waals surface area contributed by atoms with Crippen LogP contribution in [-0.2, 0) is 0 Å². The van der Waals surface area contributed by atoms with Crippen LogP contribution in [-0.4, -0.2) is 6.72 Å². The van der Waals surface area contributed by atoms with Crippen molar-refractivity contribution in [2.24, 2.45) is 10.9 Å². The van der Waals surface area contributed by atoms with Crippen LogP contribution < -0.4 is 0 Å². The third kappa shape index (κ3) is 2.51. The highest BCUT2D eigenvalue weighted by atomic mass is 19.1. The van der Waals surface area contributed by atoms with Crippen molar-refractivity contribution in [3.63, 3.8) is 0 Å². The average molecular weight is 181 g/mol. The van der Waals surface area contributed by atoms with Gasteiger partial charge in [0.15, 0.2) is 0 Å². The first-order valence-corrected chi connectivity index (χ1v) is 4.68. The normalized spacial score (nSPS) is 24.8. The Bertz CT molecular complexity index is 259. The lowest BCUT2D eigenvalue weighted by molar-refractivity contribution is 0.534. The van der Waals surface area contributed by atoms with Crippen LogP contribution in [0.15, 0.2) is 28.2 Å². The van der Waals surface area contributed by atoms with E-state index in [1.54, 1.807) is 6.08 Å². The third-order valence-corrected chi connectivity index (χ3v) is 2.42. The van der Waals surface area contributed by atoms with Gasteiger partial charge in [-0.05, 0) is 50.5 Å². The van der Waals surface area contributed by atoms with Gasteiger partial charge in [-0.3, -0.25) is 4.99 Å². The van der Waals surface area contributed by atoms with Crippen LogP contribution in [0, 0.1) is 5.92 Å². The van der Waals surface area contributed by atoms with E-state index < -0.39 is 0 Å². The number of allylic oxidation sites excluding steroid dienone is 4. The molecule has 0 spiro atoms. The maximum Gasteiger partial charge on any atom is 0.0972 e. The summed E-state index contributed by atoms with van der Waals surface area (Å²) in [5.74, 6) is 0.280. The number of rotatable bonds is 2. The molecular weight excluding hydrogens is 165 g/mol. The van der Waals surface area contributed by atoms with Crippen molar-refractivity contribution in [2.45, 2.75) is 33.1 Å². The minimum absolute atomic E-state index is 0.148. The maximum atomic E-state index is 12.7. The SMILES string of the molecule is C=NC1=C(/C=C(\C)F)CCC[C@@H]1C. The first kappa shape index (κ1) is 10.2. The fraction of sp³-hybridized carbons (Fsp3) is 0.545.